The van der Waals surface area contributed by atoms with Crippen LogP contribution in [0.4, 0.5) is 0 Å². The minimum absolute atomic E-state index is 0.00448. The molecule has 2 aromatic rings. The Kier molecular flexibility index (Phi) is 3.82. The van der Waals surface area contributed by atoms with Crippen LogP contribution in [-0.4, -0.2) is 5.97 Å². The lowest BCUT2D eigenvalue weighted by atomic mass is 9.70. The van der Waals surface area contributed by atoms with E-state index in [-0.39, 0.29) is 22.7 Å². The molecule has 1 aliphatic rings. The molecule has 0 saturated carbocycles. The predicted molar refractivity (Wildman–Crippen MR) is 97.8 cm³/mol. The van der Waals surface area contributed by atoms with E-state index in [2.05, 4.69) is 47.6 Å². The number of ether oxygens (including phenoxy) is 1. The maximum Gasteiger partial charge on any atom is 0.323 e. The third-order valence-electron chi connectivity index (χ3n) is 4.63. The minimum atomic E-state index is -0.335. The molecule has 2 aromatic carbocycles. The van der Waals surface area contributed by atoms with E-state index in [4.69, 9.17) is 4.74 Å². The van der Waals surface area contributed by atoms with Gasteiger partial charge in [-0.15, -0.1) is 0 Å². The Hall–Kier alpha value is -2.09. The molecule has 0 N–H and O–H groups in total. The van der Waals surface area contributed by atoms with Gasteiger partial charge < -0.3 is 4.74 Å². The molecule has 0 aromatic heterocycles. The zero-order chi connectivity index (χ0) is 17.7. The zero-order valence-corrected chi connectivity index (χ0v) is 15.4. The first kappa shape index (κ1) is 16.8. The lowest BCUT2D eigenvalue weighted by Gasteiger charge is -2.32. The number of benzene rings is 2. The number of hydrogen-bond donors (Lipinski definition) is 0. The molecule has 0 bridgehead atoms. The highest BCUT2D eigenvalue weighted by molar-refractivity contribution is 5.90. The Bertz CT molecular complexity index is 774. The standard InChI is InChI=1S/C22H26O2/c1-21(2,3)15-12-13-16-18(19(15)22(4,5)6)17(20(23)24-16)14-10-8-7-9-11-14/h7-13,17H,1-6H3. The van der Waals surface area contributed by atoms with Gasteiger partial charge in [-0.1, -0.05) is 77.9 Å². The maximum absolute atomic E-state index is 12.6. The fourth-order valence-electron chi connectivity index (χ4n) is 3.64. The smallest absolute Gasteiger partial charge is 0.323 e. The van der Waals surface area contributed by atoms with Gasteiger partial charge in [0.1, 0.15) is 11.7 Å². The highest BCUT2D eigenvalue weighted by Gasteiger charge is 2.41. The van der Waals surface area contributed by atoms with Gasteiger partial charge in [-0.3, -0.25) is 4.79 Å². The number of esters is 1. The van der Waals surface area contributed by atoms with Crippen molar-refractivity contribution in [1.82, 2.24) is 0 Å². The van der Waals surface area contributed by atoms with Crippen molar-refractivity contribution >= 4 is 5.97 Å². The van der Waals surface area contributed by atoms with Crippen LogP contribution in [0.1, 0.15) is 69.7 Å². The number of hydrogen-bond acceptors (Lipinski definition) is 2. The van der Waals surface area contributed by atoms with E-state index in [1.807, 2.05) is 36.4 Å². The van der Waals surface area contributed by atoms with Crippen molar-refractivity contribution in [3.8, 4) is 5.75 Å². The van der Waals surface area contributed by atoms with E-state index in [1.54, 1.807) is 0 Å². The average molecular weight is 322 g/mol. The Morgan fingerprint density at radius 3 is 2.00 bits per heavy atom. The summed E-state index contributed by atoms with van der Waals surface area (Å²) >= 11 is 0. The first-order valence-corrected chi connectivity index (χ1v) is 8.55. The third kappa shape index (κ3) is 2.75. The molecular weight excluding hydrogens is 296 g/mol. The van der Waals surface area contributed by atoms with Crippen LogP contribution in [0, 0.1) is 0 Å². The summed E-state index contributed by atoms with van der Waals surface area (Å²) in [6, 6.07) is 14.0. The van der Waals surface area contributed by atoms with E-state index in [1.165, 1.54) is 11.1 Å². The number of fused-ring (bicyclic) bond motifs is 1. The molecule has 2 heteroatoms. The number of rotatable bonds is 1. The average Bonchev–Trinajstić information content (AvgIpc) is 2.80. The summed E-state index contributed by atoms with van der Waals surface area (Å²) in [6.45, 7) is 13.3. The van der Waals surface area contributed by atoms with Crippen molar-refractivity contribution in [2.75, 3.05) is 0 Å². The van der Waals surface area contributed by atoms with Gasteiger partial charge in [-0.25, -0.2) is 0 Å². The molecule has 24 heavy (non-hydrogen) atoms. The molecule has 0 fully saturated rings. The van der Waals surface area contributed by atoms with Gasteiger partial charge in [0.15, 0.2) is 0 Å². The maximum atomic E-state index is 12.6. The van der Waals surface area contributed by atoms with E-state index < -0.39 is 0 Å². The van der Waals surface area contributed by atoms with E-state index in [0.29, 0.717) is 5.75 Å². The highest BCUT2D eigenvalue weighted by atomic mass is 16.5. The fraction of sp³-hybridized carbons (Fsp3) is 0.409. The first-order chi connectivity index (χ1) is 11.1. The van der Waals surface area contributed by atoms with Crippen molar-refractivity contribution in [2.24, 2.45) is 0 Å². The molecule has 3 rings (SSSR count). The molecule has 1 heterocycles. The Morgan fingerprint density at radius 2 is 1.46 bits per heavy atom. The van der Waals surface area contributed by atoms with Crippen molar-refractivity contribution < 1.29 is 9.53 Å². The highest BCUT2D eigenvalue weighted by Crippen LogP contribution is 2.48. The van der Waals surface area contributed by atoms with Crippen molar-refractivity contribution in [3.05, 3.63) is 64.7 Å². The fourth-order valence-corrected chi connectivity index (χ4v) is 3.64. The van der Waals surface area contributed by atoms with Crippen LogP contribution in [0.2, 0.25) is 0 Å². The second-order valence-corrected chi connectivity index (χ2v) is 8.66. The van der Waals surface area contributed by atoms with Crippen LogP contribution in [0.3, 0.4) is 0 Å². The molecule has 0 saturated heterocycles. The van der Waals surface area contributed by atoms with Crippen molar-refractivity contribution in [1.29, 1.82) is 0 Å². The molecule has 126 valence electrons. The van der Waals surface area contributed by atoms with Gasteiger partial charge in [-0.05, 0) is 33.6 Å². The summed E-state index contributed by atoms with van der Waals surface area (Å²) in [7, 11) is 0. The molecule has 1 aliphatic heterocycles. The van der Waals surface area contributed by atoms with E-state index >= 15 is 0 Å². The van der Waals surface area contributed by atoms with Gasteiger partial charge in [0.05, 0.1) is 0 Å². The summed E-state index contributed by atoms with van der Waals surface area (Å²) in [6.07, 6.45) is 0. The second kappa shape index (κ2) is 5.47. The minimum Gasteiger partial charge on any atom is -0.425 e. The summed E-state index contributed by atoms with van der Waals surface area (Å²) in [5, 5.41) is 0. The largest absolute Gasteiger partial charge is 0.425 e. The molecule has 0 amide bonds. The second-order valence-electron chi connectivity index (χ2n) is 8.66. The van der Waals surface area contributed by atoms with E-state index in [0.717, 1.165) is 11.1 Å². The van der Waals surface area contributed by atoms with Gasteiger partial charge >= 0.3 is 5.97 Å². The molecule has 0 radical (unpaired) electrons. The molecule has 1 atom stereocenters. The Balaban J connectivity index is 2.33. The number of carbonyl (C=O) groups excluding carboxylic acids is 1. The summed E-state index contributed by atoms with van der Waals surface area (Å²) in [4.78, 5) is 12.6. The van der Waals surface area contributed by atoms with Gasteiger partial charge in [0, 0.05) is 5.56 Å². The predicted octanol–water partition coefficient (Wildman–Crippen LogP) is 5.33. The lowest BCUT2D eigenvalue weighted by molar-refractivity contribution is -0.133. The first-order valence-electron chi connectivity index (χ1n) is 8.55. The number of carbonyl (C=O) groups is 1. The lowest BCUT2D eigenvalue weighted by Crippen LogP contribution is -2.25. The SMILES string of the molecule is CC(C)(C)c1ccc2c(c1C(C)(C)C)C(c1ccccc1)C(=O)O2. The van der Waals surface area contributed by atoms with Crippen LogP contribution in [-0.2, 0) is 15.6 Å². The zero-order valence-electron chi connectivity index (χ0n) is 15.4. The van der Waals surface area contributed by atoms with Crippen LogP contribution >= 0.6 is 0 Å². The topological polar surface area (TPSA) is 26.3 Å². The van der Waals surface area contributed by atoms with Crippen molar-refractivity contribution in [3.63, 3.8) is 0 Å². The quantitative estimate of drug-likeness (QED) is 0.524. The monoisotopic (exact) mass is 322 g/mol. The van der Waals surface area contributed by atoms with Crippen LogP contribution in [0.15, 0.2) is 42.5 Å². The van der Waals surface area contributed by atoms with Crippen LogP contribution in [0.25, 0.3) is 0 Å². The summed E-state index contributed by atoms with van der Waals surface area (Å²) in [5.41, 5.74) is 4.50. The third-order valence-corrected chi connectivity index (χ3v) is 4.63. The summed E-state index contributed by atoms with van der Waals surface area (Å²) < 4.78 is 5.64. The summed E-state index contributed by atoms with van der Waals surface area (Å²) in [5.74, 6) is 0.206. The van der Waals surface area contributed by atoms with Gasteiger partial charge in [0.2, 0.25) is 0 Å². The molecule has 0 aliphatic carbocycles. The molecular formula is C22H26O2. The van der Waals surface area contributed by atoms with Crippen LogP contribution in [0.5, 0.6) is 5.75 Å². The molecule has 2 nitrogen and oxygen atoms in total. The van der Waals surface area contributed by atoms with Gasteiger partial charge in [0.25, 0.3) is 0 Å². The Labute approximate surface area is 144 Å². The Morgan fingerprint density at radius 1 is 0.833 bits per heavy atom. The molecule has 0 spiro atoms. The normalized spacial score (nSPS) is 17.6. The molecule has 1 unspecified atom stereocenters. The van der Waals surface area contributed by atoms with Crippen molar-refractivity contribution in [2.45, 2.75) is 58.3 Å². The van der Waals surface area contributed by atoms with E-state index in [9.17, 15) is 4.79 Å². The van der Waals surface area contributed by atoms with Crippen LogP contribution < -0.4 is 4.74 Å². The van der Waals surface area contributed by atoms with Gasteiger partial charge in [-0.2, -0.15) is 0 Å².